The first-order valence-electron chi connectivity index (χ1n) is 3.39. The molecule has 0 saturated carbocycles. The molecule has 0 aromatic carbocycles. The fourth-order valence-electron chi connectivity index (χ4n) is 0.150. The number of hydroxylamine groups is 2. The van der Waals surface area contributed by atoms with Gasteiger partial charge in [0.2, 0.25) is 0 Å². The standard InChI is InChI=1S/C4H11NO3.C2H7NO/c5-4(1-6,2-7)3-8;1-3(2)4/h6-8H,1-3,5H2;4H,1-2H3. The topological polar surface area (TPSA) is 110 Å². The Kier molecular flexibility index (Phi) is 8.83. The van der Waals surface area contributed by atoms with E-state index in [1.54, 1.807) is 14.1 Å². The van der Waals surface area contributed by atoms with Crippen LogP contribution in [-0.2, 0) is 0 Å². The van der Waals surface area contributed by atoms with Crippen molar-refractivity contribution < 1.29 is 20.5 Å². The normalized spacial score (nSPS) is 11.0. The molecule has 0 amide bonds. The van der Waals surface area contributed by atoms with E-state index >= 15 is 0 Å². The summed E-state index contributed by atoms with van der Waals surface area (Å²) in [5, 5.41) is 33.9. The lowest BCUT2D eigenvalue weighted by Crippen LogP contribution is -2.50. The zero-order chi connectivity index (χ0) is 10.2. The van der Waals surface area contributed by atoms with Gasteiger partial charge in [-0.3, -0.25) is 0 Å². The Morgan fingerprint density at radius 1 is 1.08 bits per heavy atom. The minimum atomic E-state index is -1.21. The Morgan fingerprint density at radius 2 is 1.25 bits per heavy atom. The molecule has 0 aliphatic rings. The third-order valence-corrected chi connectivity index (χ3v) is 0.945. The van der Waals surface area contributed by atoms with Gasteiger partial charge < -0.3 is 26.3 Å². The van der Waals surface area contributed by atoms with Crippen LogP contribution in [0.1, 0.15) is 0 Å². The fourth-order valence-corrected chi connectivity index (χ4v) is 0.150. The minimum Gasteiger partial charge on any atom is -0.394 e. The van der Waals surface area contributed by atoms with E-state index in [0.717, 1.165) is 5.06 Å². The number of aliphatic hydroxyl groups is 3. The molecule has 0 fully saturated rings. The Balaban J connectivity index is 0. The zero-order valence-corrected chi connectivity index (χ0v) is 7.43. The molecule has 0 saturated heterocycles. The Labute approximate surface area is 71.8 Å². The second kappa shape index (κ2) is 7.41. The van der Waals surface area contributed by atoms with Gasteiger partial charge in [0.15, 0.2) is 0 Å². The highest BCUT2D eigenvalue weighted by Crippen LogP contribution is 1.93. The van der Waals surface area contributed by atoms with Crippen LogP contribution < -0.4 is 5.73 Å². The molecule has 0 bridgehead atoms. The summed E-state index contributed by atoms with van der Waals surface area (Å²) in [5.74, 6) is 0. The van der Waals surface area contributed by atoms with Gasteiger partial charge in [-0.1, -0.05) is 0 Å². The van der Waals surface area contributed by atoms with Crippen LogP contribution in [0.2, 0.25) is 0 Å². The van der Waals surface area contributed by atoms with Crippen LogP contribution >= 0.6 is 0 Å². The van der Waals surface area contributed by atoms with Gasteiger partial charge in [-0.15, -0.1) is 0 Å². The zero-order valence-electron chi connectivity index (χ0n) is 7.43. The molecule has 0 heterocycles. The third kappa shape index (κ3) is 9.76. The smallest absolute Gasteiger partial charge is 0.0856 e. The summed E-state index contributed by atoms with van der Waals surface area (Å²) in [6.07, 6.45) is 0. The van der Waals surface area contributed by atoms with Gasteiger partial charge in [0.25, 0.3) is 0 Å². The van der Waals surface area contributed by atoms with Gasteiger partial charge in [0, 0.05) is 14.1 Å². The Hall–Kier alpha value is -0.240. The summed E-state index contributed by atoms with van der Waals surface area (Å²) < 4.78 is 0. The van der Waals surface area contributed by atoms with Crippen LogP contribution in [0.25, 0.3) is 0 Å². The Morgan fingerprint density at radius 3 is 1.25 bits per heavy atom. The van der Waals surface area contributed by atoms with Crippen LogP contribution in [0.5, 0.6) is 0 Å². The molecule has 6 N–H and O–H groups in total. The first-order valence-corrected chi connectivity index (χ1v) is 3.39. The van der Waals surface area contributed by atoms with Crippen molar-refractivity contribution in [2.24, 2.45) is 5.73 Å². The summed E-state index contributed by atoms with van der Waals surface area (Å²) >= 11 is 0. The van der Waals surface area contributed by atoms with Crippen LogP contribution in [0.3, 0.4) is 0 Å². The summed E-state index contributed by atoms with van der Waals surface area (Å²) in [7, 11) is 3.11. The van der Waals surface area contributed by atoms with E-state index in [9.17, 15) is 0 Å². The lowest BCUT2D eigenvalue weighted by Gasteiger charge is -2.20. The van der Waals surface area contributed by atoms with E-state index in [-0.39, 0.29) is 0 Å². The predicted molar refractivity (Wildman–Crippen MR) is 43.6 cm³/mol. The average molecular weight is 182 g/mol. The SMILES string of the molecule is CN(C)O.NC(CO)(CO)CO. The van der Waals surface area contributed by atoms with E-state index in [4.69, 9.17) is 26.3 Å². The molecule has 0 spiro atoms. The predicted octanol–water partition coefficient (Wildman–Crippen LogP) is -2.40. The molecule has 12 heavy (non-hydrogen) atoms. The minimum absolute atomic E-state index is 0.403. The number of hydrogen-bond donors (Lipinski definition) is 5. The van der Waals surface area contributed by atoms with E-state index in [1.807, 2.05) is 0 Å². The van der Waals surface area contributed by atoms with Crippen molar-refractivity contribution in [3.05, 3.63) is 0 Å². The lowest BCUT2D eigenvalue weighted by molar-refractivity contribution is -0.0372. The van der Waals surface area contributed by atoms with Crippen molar-refractivity contribution in [2.45, 2.75) is 5.54 Å². The molecule has 0 atom stereocenters. The van der Waals surface area contributed by atoms with Crippen LogP contribution in [0.15, 0.2) is 0 Å². The van der Waals surface area contributed by atoms with Crippen molar-refractivity contribution in [1.82, 2.24) is 5.06 Å². The molecular formula is C6H18N2O4. The van der Waals surface area contributed by atoms with Gasteiger partial charge in [-0.25, -0.2) is 0 Å². The van der Waals surface area contributed by atoms with Crippen LogP contribution in [-0.4, -0.2) is 65.0 Å². The molecule has 0 aliphatic carbocycles. The maximum atomic E-state index is 8.34. The van der Waals surface area contributed by atoms with E-state index in [2.05, 4.69) is 0 Å². The number of hydrogen-bond acceptors (Lipinski definition) is 6. The van der Waals surface area contributed by atoms with Gasteiger partial charge in [-0.2, -0.15) is 5.06 Å². The monoisotopic (exact) mass is 182 g/mol. The maximum Gasteiger partial charge on any atom is 0.0856 e. The van der Waals surface area contributed by atoms with Gasteiger partial charge >= 0.3 is 0 Å². The average Bonchev–Trinajstić information content (AvgIpc) is 2.02. The largest absolute Gasteiger partial charge is 0.394 e. The number of rotatable bonds is 3. The third-order valence-electron chi connectivity index (χ3n) is 0.945. The van der Waals surface area contributed by atoms with Gasteiger partial charge in [-0.05, 0) is 0 Å². The highest BCUT2D eigenvalue weighted by Gasteiger charge is 2.20. The van der Waals surface area contributed by atoms with Crippen molar-refractivity contribution in [1.29, 1.82) is 0 Å². The molecule has 0 rings (SSSR count). The number of aliphatic hydroxyl groups excluding tert-OH is 3. The molecule has 76 valence electrons. The van der Waals surface area contributed by atoms with Crippen molar-refractivity contribution in [3.63, 3.8) is 0 Å². The number of nitrogens with zero attached hydrogens (tertiary/aromatic N) is 1. The molecule has 0 aliphatic heterocycles. The second-order valence-corrected chi connectivity index (χ2v) is 2.68. The quantitative estimate of drug-likeness (QED) is 0.311. The molecule has 0 radical (unpaired) electrons. The van der Waals surface area contributed by atoms with Crippen molar-refractivity contribution in [3.8, 4) is 0 Å². The highest BCUT2D eigenvalue weighted by atomic mass is 16.5. The van der Waals surface area contributed by atoms with Crippen LogP contribution in [0.4, 0.5) is 0 Å². The molecule has 6 nitrogen and oxygen atoms in total. The van der Waals surface area contributed by atoms with E-state index < -0.39 is 25.4 Å². The second-order valence-electron chi connectivity index (χ2n) is 2.68. The van der Waals surface area contributed by atoms with Crippen molar-refractivity contribution >= 4 is 0 Å². The van der Waals surface area contributed by atoms with Crippen molar-refractivity contribution in [2.75, 3.05) is 33.9 Å². The first-order chi connectivity index (χ1) is 5.41. The van der Waals surface area contributed by atoms with Gasteiger partial charge in [0.05, 0.1) is 25.4 Å². The lowest BCUT2D eigenvalue weighted by atomic mass is 10.1. The van der Waals surface area contributed by atoms with Gasteiger partial charge in [0.1, 0.15) is 0 Å². The molecular weight excluding hydrogens is 164 g/mol. The number of nitrogens with two attached hydrogens (primary N) is 1. The fraction of sp³-hybridized carbons (Fsp3) is 1.00. The molecule has 0 aromatic heterocycles. The van der Waals surface area contributed by atoms with Crippen LogP contribution in [0, 0.1) is 0 Å². The van der Waals surface area contributed by atoms with E-state index in [0.29, 0.717) is 0 Å². The maximum absolute atomic E-state index is 8.34. The summed E-state index contributed by atoms with van der Waals surface area (Å²) in [6.45, 7) is -1.21. The van der Waals surface area contributed by atoms with E-state index in [1.165, 1.54) is 0 Å². The summed E-state index contributed by atoms with van der Waals surface area (Å²) in [5.41, 5.74) is 3.94. The molecule has 0 unspecified atom stereocenters. The molecule has 0 aromatic rings. The summed E-state index contributed by atoms with van der Waals surface area (Å²) in [4.78, 5) is 0. The first kappa shape index (κ1) is 14.3. The summed E-state index contributed by atoms with van der Waals surface area (Å²) in [6, 6.07) is 0. The highest BCUT2D eigenvalue weighted by molar-refractivity contribution is 4.80. The Bertz CT molecular complexity index is 84.5. The molecule has 6 heteroatoms.